The van der Waals surface area contributed by atoms with Crippen LogP contribution in [0.4, 0.5) is 0 Å². The average molecular weight is 282 g/mol. The van der Waals surface area contributed by atoms with Gasteiger partial charge in [0.05, 0.1) is 0 Å². The molecule has 2 aromatic carbocycles. The van der Waals surface area contributed by atoms with Gasteiger partial charge in [0.25, 0.3) is 0 Å². The minimum Gasteiger partial charge on any atom is -0.488 e. The summed E-state index contributed by atoms with van der Waals surface area (Å²) in [6.07, 6.45) is 0.967. The van der Waals surface area contributed by atoms with Crippen molar-refractivity contribution < 1.29 is 9.53 Å². The van der Waals surface area contributed by atoms with Crippen molar-refractivity contribution >= 4 is 6.29 Å². The number of carbonyl (C=O) groups excluding carboxylic acids is 1. The fourth-order valence-electron chi connectivity index (χ4n) is 2.36. The first-order valence-electron chi connectivity index (χ1n) is 7.38. The molecule has 2 nitrogen and oxygen atoms in total. The van der Waals surface area contributed by atoms with E-state index >= 15 is 0 Å². The van der Waals surface area contributed by atoms with Gasteiger partial charge in [-0.2, -0.15) is 0 Å². The van der Waals surface area contributed by atoms with Gasteiger partial charge in [0.15, 0.2) is 0 Å². The third-order valence-electron chi connectivity index (χ3n) is 3.62. The molecule has 0 spiro atoms. The molecule has 0 amide bonds. The van der Waals surface area contributed by atoms with Crippen molar-refractivity contribution in [2.45, 2.75) is 39.2 Å². The fraction of sp³-hybridized carbons (Fsp3) is 0.316. The zero-order chi connectivity index (χ0) is 15.2. The van der Waals surface area contributed by atoms with Gasteiger partial charge < -0.3 is 9.53 Å². The van der Waals surface area contributed by atoms with Crippen molar-refractivity contribution in [3.63, 3.8) is 0 Å². The van der Waals surface area contributed by atoms with Gasteiger partial charge in [-0.05, 0) is 17.0 Å². The van der Waals surface area contributed by atoms with E-state index in [2.05, 4.69) is 19.9 Å². The van der Waals surface area contributed by atoms with Crippen molar-refractivity contribution in [2.75, 3.05) is 0 Å². The Hall–Kier alpha value is -2.09. The first-order valence-corrected chi connectivity index (χ1v) is 7.38. The number of ether oxygens (including phenoxy) is 1. The molecule has 0 aromatic heterocycles. The summed E-state index contributed by atoms with van der Waals surface area (Å²) in [6.45, 7) is 6.70. The smallest absolute Gasteiger partial charge is 0.127 e. The molecule has 0 radical (unpaired) electrons. The van der Waals surface area contributed by atoms with E-state index in [9.17, 15) is 4.79 Å². The highest BCUT2D eigenvalue weighted by atomic mass is 16.5. The van der Waals surface area contributed by atoms with Gasteiger partial charge in [-0.15, -0.1) is 0 Å². The van der Waals surface area contributed by atoms with E-state index in [1.54, 1.807) is 0 Å². The van der Waals surface area contributed by atoms with Gasteiger partial charge in [0, 0.05) is 11.5 Å². The number of hydrogen-bond donors (Lipinski definition) is 0. The van der Waals surface area contributed by atoms with E-state index in [1.165, 1.54) is 0 Å². The van der Waals surface area contributed by atoms with Crippen molar-refractivity contribution in [1.82, 2.24) is 0 Å². The highest BCUT2D eigenvalue weighted by Crippen LogP contribution is 2.34. The predicted octanol–water partition coefficient (Wildman–Crippen LogP) is 4.69. The molecule has 2 aromatic rings. The second-order valence-corrected chi connectivity index (χ2v) is 5.62. The predicted molar refractivity (Wildman–Crippen MR) is 85.8 cm³/mol. The first-order chi connectivity index (χ1) is 10.1. The van der Waals surface area contributed by atoms with Crippen LogP contribution < -0.4 is 4.74 Å². The van der Waals surface area contributed by atoms with Crippen LogP contribution in [0.15, 0.2) is 48.5 Å². The quantitative estimate of drug-likeness (QED) is 0.718. The van der Waals surface area contributed by atoms with Crippen molar-refractivity contribution in [3.05, 3.63) is 65.2 Å². The van der Waals surface area contributed by atoms with Crippen molar-refractivity contribution in [2.24, 2.45) is 0 Å². The second-order valence-electron chi connectivity index (χ2n) is 5.62. The molecule has 0 heterocycles. The molecule has 0 saturated carbocycles. The molecule has 0 fully saturated rings. The molecule has 0 saturated heterocycles. The Kier molecular flexibility index (Phi) is 5.15. The minimum atomic E-state index is -0.158. The van der Waals surface area contributed by atoms with Gasteiger partial charge in [0.2, 0.25) is 0 Å². The van der Waals surface area contributed by atoms with Gasteiger partial charge >= 0.3 is 0 Å². The van der Waals surface area contributed by atoms with E-state index in [4.69, 9.17) is 4.74 Å². The Morgan fingerprint density at radius 1 is 0.952 bits per heavy atom. The molecular formula is C19H22O2. The number of carbonyl (C=O) groups is 1. The molecule has 1 atom stereocenters. The third-order valence-corrected chi connectivity index (χ3v) is 3.62. The highest BCUT2D eigenvalue weighted by Gasteiger charge is 2.16. The van der Waals surface area contributed by atoms with Crippen LogP contribution in [0.1, 0.15) is 49.3 Å². The Bertz CT molecular complexity index is 588. The lowest BCUT2D eigenvalue weighted by molar-refractivity contribution is -0.108. The molecule has 0 N–H and O–H groups in total. The molecule has 0 aliphatic rings. The Labute approximate surface area is 126 Å². The lowest BCUT2D eigenvalue weighted by Gasteiger charge is -2.19. The zero-order valence-electron chi connectivity index (χ0n) is 12.9. The lowest BCUT2D eigenvalue weighted by atomic mass is 9.94. The maximum Gasteiger partial charge on any atom is 0.127 e. The summed E-state index contributed by atoms with van der Waals surface area (Å²) in [4.78, 5) is 11.2. The van der Waals surface area contributed by atoms with Crippen LogP contribution in [0.25, 0.3) is 0 Å². The molecule has 0 aliphatic carbocycles. The first kappa shape index (κ1) is 15.3. The summed E-state index contributed by atoms with van der Waals surface area (Å²) >= 11 is 0. The molecule has 2 heteroatoms. The summed E-state index contributed by atoms with van der Waals surface area (Å²) in [5.74, 6) is 1.06. The van der Waals surface area contributed by atoms with Crippen LogP contribution in [0.3, 0.4) is 0 Å². The fourth-order valence-corrected chi connectivity index (χ4v) is 2.36. The summed E-state index contributed by atoms with van der Waals surface area (Å²) in [5, 5.41) is 0. The summed E-state index contributed by atoms with van der Waals surface area (Å²) in [7, 11) is 0. The van der Waals surface area contributed by atoms with E-state index < -0.39 is 0 Å². The molecule has 0 aliphatic heterocycles. The maximum absolute atomic E-state index is 11.2. The topological polar surface area (TPSA) is 26.3 Å². The van der Waals surface area contributed by atoms with Crippen LogP contribution in [0.2, 0.25) is 0 Å². The number of rotatable bonds is 6. The van der Waals surface area contributed by atoms with E-state index in [-0.39, 0.29) is 5.92 Å². The van der Waals surface area contributed by atoms with Gasteiger partial charge in [-0.3, -0.25) is 0 Å². The summed E-state index contributed by atoms with van der Waals surface area (Å²) < 4.78 is 6.08. The average Bonchev–Trinajstić information content (AvgIpc) is 2.52. The van der Waals surface area contributed by atoms with Crippen LogP contribution in [-0.2, 0) is 11.4 Å². The molecule has 110 valence electrons. The Balaban J connectivity index is 2.32. The largest absolute Gasteiger partial charge is 0.488 e. The van der Waals surface area contributed by atoms with E-state index in [1.807, 2.05) is 49.4 Å². The number of aldehydes is 1. The molecule has 1 unspecified atom stereocenters. The number of hydrogen-bond acceptors (Lipinski definition) is 2. The second kappa shape index (κ2) is 7.07. The molecule has 0 bridgehead atoms. The van der Waals surface area contributed by atoms with Gasteiger partial charge in [-0.1, -0.05) is 69.3 Å². The highest BCUT2D eigenvalue weighted by molar-refractivity contribution is 5.64. The minimum absolute atomic E-state index is 0.158. The van der Waals surface area contributed by atoms with Gasteiger partial charge in [0.1, 0.15) is 18.6 Å². The number of benzene rings is 2. The van der Waals surface area contributed by atoms with Crippen LogP contribution in [0.5, 0.6) is 5.75 Å². The van der Waals surface area contributed by atoms with E-state index in [0.717, 1.165) is 28.7 Å². The third kappa shape index (κ3) is 3.72. The normalized spacial score (nSPS) is 12.2. The zero-order valence-corrected chi connectivity index (χ0v) is 12.9. The standard InChI is InChI=1S/C19H22O2/c1-14(2)17-10-7-11-18(15(3)12-20)19(17)21-13-16-8-5-4-6-9-16/h4-12,14-15H,13H2,1-3H3. The Morgan fingerprint density at radius 3 is 2.24 bits per heavy atom. The SMILES string of the molecule is CC(C)c1cccc(C(C)C=O)c1OCc1ccccc1. The van der Waals surface area contributed by atoms with Crippen LogP contribution in [-0.4, -0.2) is 6.29 Å². The van der Waals surface area contributed by atoms with Crippen molar-refractivity contribution in [3.8, 4) is 5.75 Å². The molecule has 2 rings (SSSR count). The van der Waals surface area contributed by atoms with Gasteiger partial charge in [-0.25, -0.2) is 0 Å². The summed E-state index contributed by atoms with van der Waals surface area (Å²) in [6, 6.07) is 16.1. The summed E-state index contributed by atoms with van der Waals surface area (Å²) in [5.41, 5.74) is 3.24. The lowest BCUT2D eigenvalue weighted by Crippen LogP contribution is -2.06. The molecule has 21 heavy (non-hydrogen) atoms. The number of para-hydroxylation sites is 1. The van der Waals surface area contributed by atoms with Crippen LogP contribution >= 0.6 is 0 Å². The Morgan fingerprint density at radius 2 is 1.62 bits per heavy atom. The molecular weight excluding hydrogens is 260 g/mol. The maximum atomic E-state index is 11.2. The monoisotopic (exact) mass is 282 g/mol. The van der Waals surface area contributed by atoms with E-state index in [0.29, 0.717) is 12.5 Å². The van der Waals surface area contributed by atoms with Crippen LogP contribution in [0, 0.1) is 0 Å². The van der Waals surface area contributed by atoms with Crippen molar-refractivity contribution in [1.29, 1.82) is 0 Å².